The van der Waals surface area contributed by atoms with Gasteiger partial charge in [0.2, 0.25) is 0 Å². The number of hydrogen-bond donors (Lipinski definition) is 1. The van der Waals surface area contributed by atoms with Gasteiger partial charge in [-0.1, -0.05) is 42.3 Å². The Hall–Kier alpha value is -3.79. The molecule has 0 amide bonds. The molecule has 0 atom stereocenters. The molecular weight excluding hydrogens is 730 g/mol. The summed E-state index contributed by atoms with van der Waals surface area (Å²) in [5.74, 6) is 1.03. The normalized spacial score (nSPS) is 11.0. The molecule has 6 aromatic rings. The molecule has 43 heavy (non-hydrogen) atoms. The SMILES string of the molecule is Cc1cc(-c2nccc3cc(C)sc23)[c-]c(N(C)c2cc(-c3cc(C)cc(C)c3)cc(-c3cc(C)cc(C)c3O)n2)c1.[Pt]. The van der Waals surface area contributed by atoms with E-state index in [9.17, 15) is 5.11 Å². The van der Waals surface area contributed by atoms with Crippen LogP contribution in [-0.4, -0.2) is 22.1 Å². The van der Waals surface area contributed by atoms with E-state index in [-0.39, 0.29) is 26.8 Å². The topological polar surface area (TPSA) is 49.2 Å². The third-order valence-electron chi connectivity index (χ3n) is 7.60. The van der Waals surface area contributed by atoms with E-state index in [1.165, 1.54) is 26.1 Å². The largest absolute Gasteiger partial charge is 0.507 e. The number of aryl methyl sites for hydroxylation is 6. The van der Waals surface area contributed by atoms with E-state index >= 15 is 0 Å². The molecular formula is C37H34N3OPtS-. The van der Waals surface area contributed by atoms with Crippen LogP contribution in [0, 0.1) is 47.6 Å². The summed E-state index contributed by atoms with van der Waals surface area (Å²) >= 11 is 1.76. The molecule has 6 rings (SSSR count). The van der Waals surface area contributed by atoms with Crippen molar-refractivity contribution < 1.29 is 26.2 Å². The maximum atomic E-state index is 11.1. The Kier molecular flexibility index (Phi) is 8.60. The smallest absolute Gasteiger partial charge is 0.132 e. The van der Waals surface area contributed by atoms with Crippen LogP contribution < -0.4 is 4.90 Å². The number of fused-ring (bicyclic) bond motifs is 1. The fourth-order valence-corrected chi connectivity index (χ4v) is 6.71. The van der Waals surface area contributed by atoms with Crippen molar-refractivity contribution in [2.45, 2.75) is 41.5 Å². The van der Waals surface area contributed by atoms with Crippen molar-refractivity contribution in [1.29, 1.82) is 0 Å². The Morgan fingerprint density at radius 1 is 0.767 bits per heavy atom. The van der Waals surface area contributed by atoms with Crippen molar-refractivity contribution in [1.82, 2.24) is 9.97 Å². The standard InChI is InChI=1S/C37H34N3OS.Pt/c1-21-10-22(2)13-28(12-21)29-19-33(32-16-23(3)11-25(5)36(32)41)39-34(20-29)40(7)31-15-24(4)14-30(18-31)35-37-27(8-9-38-35)17-26(6)42-37;/h8-17,19-20,41H,1-7H3;/q-1;. The van der Waals surface area contributed by atoms with Gasteiger partial charge in [0.1, 0.15) is 11.6 Å². The molecule has 3 aromatic carbocycles. The second kappa shape index (κ2) is 12.1. The summed E-state index contributed by atoms with van der Waals surface area (Å²) in [5, 5.41) is 12.3. The summed E-state index contributed by atoms with van der Waals surface area (Å²) in [6.45, 7) is 12.5. The summed E-state index contributed by atoms with van der Waals surface area (Å²) in [4.78, 5) is 13.2. The Morgan fingerprint density at radius 2 is 1.44 bits per heavy atom. The molecule has 0 saturated carbocycles. The first kappa shape index (κ1) is 30.7. The van der Waals surface area contributed by atoms with Crippen molar-refractivity contribution in [3.8, 4) is 39.4 Å². The van der Waals surface area contributed by atoms with Crippen LogP contribution in [0.15, 0.2) is 72.9 Å². The molecule has 0 fully saturated rings. The van der Waals surface area contributed by atoms with E-state index in [0.717, 1.165) is 61.8 Å². The van der Waals surface area contributed by atoms with Crippen molar-refractivity contribution in [3.05, 3.63) is 112 Å². The molecule has 1 N–H and O–H groups in total. The maximum Gasteiger partial charge on any atom is 0.132 e. The van der Waals surface area contributed by atoms with Crippen molar-refractivity contribution in [3.63, 3.8) is 0 Å². The van der Waals surface area contributed by atoms with E-state index in [4.69, 9.17) is 9.97 Å². The Bertz CT molecular complexity index is 1970. The third kappa shape index (κ3) is 6.16. The zero-order valence-electron chi connectivity index (χ0n) is 25.4. The monoisotopic (exact) mass is 763 g/mol. The summed E-state index contributed by atoms with van der Waals surface area (Å²) < 4.78 is 1.17. The van der Waals surface area contributed by atoms with Gasteiger partial charge < -0.3 is 15.0 Å². The molecule has 0 radical (unpaired) electrons. The summed E-state index contributed by atoms with van der Waals surface area (Å²) in [5.41, 5.74) is 11.9. The molecule has 0 spiro atoms. The first-order valence-corrected chi connectivity index (χ1v) is 14.9. The van der Waals surface area contributed by atoms with Crippen LogP contribution in [0.25, 0.3) is 43.7 Å². The molecule has 0 bridgehead atoms. The van der Waals surface area contributed by atoms with E-state index in [1.54, 1.807) is 11.3 Å². The number of anilines is 2. The van der Waals surface area contributed by atoms with Crippen molar-refractivity contribution in [2.24, 2.45) is 0 Å². The number of pyridine rings is 2. The van der Waals surface area contributed by atoms with Gasteiger partial charge in [0.05, 0.1) is 5.69 Å². The zero-order chi connectivity index (χ0) is 29.7. The van der Waals surface area contributed by atoms with Gasteiger partial charge in [-0.2, -0.15) is 0 Å². The Balaban J connectivity index is 0.00000368. The predicted octanol–water partition coefficient (Wildman–Crippen LogP) is 9.81. The molecule has 0 unspecified atom stereocenters. The molecule has 0 saturated heterocycles. The molecule has 3 aromatic heterocycles. The van der Waals surface area contributed by atoms with Gasteiger partial charge in [-0.25, -0.2) is 4.98 Å². The minimum absolute atomic E-state index is 0. The minimum atomic E-state index is 0. The number of nitrogens with zero attached hydrogens (tertiary/aromatic N) is 3. The van der Waals surface area contributed by atoms with E-state index in [0.29, 0.717) is 0 Å². The van der Waals surface area contributed by atoms with Crippen LogP contribution in [-0.2, 0) is 21.1 Å². The molecule has 3 heterocycles. The van der Waals surface area contributed by atoms with Gasteiger partial charge in [-0.3, -0.25) is 0 Å². The summed E-state index contributed by atoms with van der Waals surface area (Å²) in [6.07, 6.45) is 1.88. The Morgan fingerprint density at radius 3 is 2.19 bits per heavy atom. The number of rotatable bonds is 5. The Labute approximate surface area is 272 Å². The molecule has 0 aliphatic rings. The second-order valence-corrected chi connectivity index (χ2v) is 12.7. The molecule has 0 aliphatic heterocycles. The summed E-state index contributed by atoms with van der Waals surface area (Å²) in [6, 6.07) is 27.0. The van der Waals surface area contributed by atoms with Gasteiger partial charge in [-0.15, -0.1) is 40.7 Å². The van der Waals surface area contributed by atoms with Gasteiger partial charge in [0.15, 0.2) is 0 Å². The van der Waals surface area contributed by atoms with Crippen LogP contribution in [0.4, 0.5) is 11.5 Å². The van der Waals surface area contributed by atoms with E-state index in [2.05, 4.69) is 93.3 Å². The maximum absolute atomic E-state index is 11.1. The fraction of sp³-hybridized carbons (Fsp3) is 0.189. The minimum Gasteiger partial charge on any atom is -0.507 e. The van der Waals surface area contributed by atoms with E-state index < -0.39 is 0 Å². The van der Waals surface area contributed by atoms with Gasteiger partial charge in [0, 0.05) is 55.1 Å². The molecule has 0 aliphatic carbocycles. The number of phenolic OH excluding ortho intramolecular Hbond substituents is 1. The van der Waals surface area contributed by atoms with Crippen LogP contribution in [0.5, 0.6) is 5.75 Å². The second-order valence-electron chi connectivity index (χ2n) is 11.4. The third-order valence-corrected chi connectivity index (χ3v) is 8.68. The van der Waals surface area contributed by atoms with Gasteiger partial charge in [0.25, 0.3) is 0 Å². The van der Waals surface area contributed by atoms with Gasteiger partial charge >= 0.3 is 0 Å². The predicted molar refractivity (Wildman–Crippen MR) is 177 cm³/mol. The number of thiophene rings is 1. The number of phenols is 1. The number of aromatic nitrogens is 2. The molecule has 220 valence electrons. The van der Waals surface area contributed by atoms with Crippen molar-refractivity contribution >= 4 is 32.9 Å². The van der Waals surface area contributed by atoms with E-state index in [1.807, 2.05) is 39.2 Å². The van der Waals surface area contributed by atoms with Crippen molar-refractivity contribution in [2.75, 3.05) is 11.9 Å². The van der Waals surface area contributed by atoms with Crippen LogP contribution >= 0.6 is 11.3 Å². The zero-order valence-corrected chi connectivity index (χ0v) is 28.5. The van der Waals surface area contributed by atoms with Crippen LogP contribution in [0.3, 0.4) is 0 Å². The van der Waals surface area contributed by atoms with Gasteiger partial charge in [-0.05, 0) is 98.3 Å². The van der Waals surface area contributed by atoms with Crippen LogP contribution in [0.1, 0.15) is 32.7 Å². The average molecular weight is 764 g/mol. The number of hydrogen-bond acceptors (Lipinski definition) is 5. The first-order valence-electron chi connectivity index (χ1n) is 14.1. The number of benzene rings is 3. The summed E-state index contributed by atoms with van der Waals surface area (Å²) in [7, 11) is 2.02. The first-order chi connectivity index (χ1) is 20.0. The molecule has 6 heteroatoms. The quantitative estimate of drug-likeness (QED) is 0.178. The number of aromatic hydroxyl groups is 1. The molecule has 4 nitrogen and oxygen atoms in total. The van der Waals surface area contributed by atoms with Crippen LogP contribution in [0.2, 0.25) is 0 Å². The fourth-order valence-electron chi connectivity index (χ4n) is 5.70. The average Bonchev–Trinajstić information content (AvgIpc) is 3.33.